The first-order valence-corrected chi connectivity index (χ1v) is 9.90. The van der Waals surface area contributed by atoms with Crippen LogP contribution in [0.25, 0.3) is 11.5 Å². The van der Waals surface area contributed by atoms with E-state index in [2.05, 4.69) is 15.5 Å². The predicted molar refractivity (Wildman–Crippen MR) is 101 cm³/mol. The Morgan fingerprint density at radius 2 is 1.97 bits per heavy atom. The van der Waals surface area contributed by atoms with Gasteiger partial charge in [0.25, 0.3) is 11.4 Å². The SMILES string of the molecule is CC[C@@H](Nc1nnc(-c2ccc(C(F)(F)F)[nH]c2=O)o1)C(=O)N1CCC2(CC1)CC2. The lowest BCUT2D eigenvalue weighted by Gasteiger charge is -2.34. The van der Waals surface area contributed by atoms with E-state index in [-0.39, 0.29) is 23.4 Å². The number of carbonyl (C=O) groups excluding carboxylic acids is 1. The number of carbonyl (C=O) groups is 1. The van der Waals surface area contributed by atoms with Gasteiger partial charge in [-0.1, -0.05) is 12.0 Å². The van der Waals surface area contributed by atoms with Gasteiger partial charge in [0.1, 0.15) is 17.3 Å². The molecule has 2 aromatic rings. The summed E-state index contributed by atoms with van der Waals surface area (Å²) in [5.41, 5.74) is -1.89. The van der Waals surface area contributed by atoms with Crippen molar-refractivity contribution in [2.45, 2.75) is 51.2 Å². The van der Waals surface area contributed by atoms with Crippen LogP contribution < -0.4 is 10.9 Å². The number of anilines is 1. The van der Waals surface area contributed by atoms with Crippen molar-refractivity contribution in [2.75, 3.05) is 18.4 Å². The van der Waals surface area contributed by atoms with Crippen LogP contribution in [0.15, 0.2) is 21.3 Å². The Hall–Kier alpha value is -2.85. The van der Waals surface area contributed by atoms with Gasteiger partial charge in [-0.25, -0.2) is 0 Å². The van der Waals surface area contributed by atoms with Gasteiger partial charge in [-0.05, 0) is 49.7 Å². The summed E-state index contributed by atoms with van der Waals surface area (Å²) in [6.07, 6.45) is 0.366. The number of nitrogens with one attached hydrogen (secondary N) is 2. The van der Waals surface area contributed by atoms with Crippen molar-refractivity contribution < 1.29 is 22.4 Å². The standard InChI is InChI=1S/C19H22F3N5O3/c1-2-12(16(29)27-9-7-18(5-6-18)8-10-27)23-17-26-25-15(30-17)11-3-4-13(19(20,21)22)24-14(11)28/h3-4,12H,2,5-10H2,1H3,(H,23,26)(H,24,28)/t12-/m1/s1. The van der Waals surface area contributed by atoms with Crippen LogP contribution >= 0.6 is 0 Å². The number of H-pyrrole nitrogens is 1. The summed E-state index contributed by atoms with van der Waals surface area (Å²) in [5, 5.41) is 10.4. The predicted octanol–water partition coefficient (Wildman–Crippen LogP) is 3.04. The molecule has 11 heteroatoms. The van der Waals surface area contributed by atoms with Crippen LogP contribution in [-0.4, -0.2) is 45.1 Å². The highest BCUT2D eigenvalue weighted by molar-refractivity contribution is 5.84. The number of aromatic amines is 1. The third-order valence-electron chi connectivity index (χ3n) is 5.97. The molecule has 1 amide bonds. The first-order chi connectivity index (χ1) is 14.2. The van der Waals surface area contributed by atoms with Gasteiger partial charge >= 0.3 is 12.2 Å². The van der Waals surface area contributed by atoms with E-state index < -0.39 is 23.5 Å². The minimum absolute atomic E-state index is 0.0554. The molecule has 2 fully saturated rings. The van der Waals surface area contributed by atoms with Gasteiger partial charge in [-0.2, -0.15) is 13.2 Å². The van der Waals surface area contributed by atoms with Crippen LogP contribution in [0.2, 0.25) is 0 Å². The van der Waals surface area contributed by atoms with Gasteiger partial charge < -0.3 is 19.6 Å². The molecule has 1 aliphatic carbocycles. The zero-order chi connectivity index (χ0) is 21.5. The molecule has 1 saturated carbocycles. The molecule has 1 saturated heterocycles. The Labute approximate surface area is 169 Å². The highest BCUT2D eigenvalue weighted by atomic mass is 19.4. The molecule has 0 radical (unpaired) electrons. The Kier molecular flexibility index (Phi) is 5.07. The summed E-state index contributed by atoms with van der Waals surface area (Å²) in [4.78, 5) is 28.4. The zero-order valence-corrected chi connectivity index (χ0v) is 16.4. The van der Waals surface area contributed by atoms with Gasteiger partial charge in [-0.15, -0.1) is 5.10 Å². The van der Waals surface area contributed by atoms with Crippen LogP contribution in [0, 0.1) is 5.41 Å². The summed E-state index contributed by atoms with van der Waals surface area (Å²) in [5.74, 6) is -0.288. The maximum Gasteiger partial charge on any atom is 0.431 e. The van der Waals surface area contributed by atoms with Crippen molar-refractivity contribution in [1.29, 1.82) is 0 Å². The van der Waals surface area contributed by atoms with E-state index >= 15 is 0 Å². The topological polar surface area (TPSA) is 104 Å². The monoisotopic (exact) mass is 425 g/mol. The number of hydrogen-bond acceptors (Lipinski definition) is 6. The third kappa shape index (κ3) is 4.05. The number of hydrogen-bond donors (Lipinski definition) is 2. The van der Waals surface area contributed by atoms with Gasteiger partial charge in [0.15, 0.2) is 0 Å². The average molecular weight is 425 g/mol. The Bertz CT molecular complexity index is 986. The van der Waals surface area contributed by atoms with Crippen molar-refractivity contribution in [3.8, 4) is 11.5 Å². The second-order valence-corrected chi connectivity index (χ2v) is 7.96. The van der Waals surface area contributed by atoms with Crippen LogP contribution in [-0.2, 0) is 11.0 Å². The molecule has 8 nitrogen and oxygen atoms in total. The lowest BCUT2D eigenvalue weighted by molar-refractivity contribution is -0.141. The molecule has 2 aliphatic rings. The number of piperidine rings is 1. The second-order valence-electron chi connectivity index (χ2n) is 7.96. The highest BCUT2D eigenvalue weighted by Crippen LogP contribution is 2.53. The van der Waals surface area contributed by atoms with E-state index in [0.29, 0.717) is 11.8 Å². The van der Waals surface area contributed by atoms with Crippen molar-refractivity contribution >= 4 is 11.9 Å². The molecule has 3 heterocycles. The van der Waals surface area contributed by atoms with E-state index in [1.807, 2.05) is 11.8 Å². The normalized spacial score (nSPS) is 19.0. The molecular weight excluding hydrogens is 403 g/mol. The lowest BCUT2D eigenvalue weighted by atomic mass is 9.93. The van der Waals surface area contributed by atoms with Crippen LogP contribution in [0.1, 0.15) is 44.7 Å². The zero-order valence-electron chi connectivity index (χ0n) is 16.4. The molecule has 0 aromatic carbocycles. The fraction of sp³-hybridized carbons (Fsp3) is 0.579. The number of amides is 1. The highest BCUT2D eigenvalue weighted by Gasteiger charge is 2.45. The summed E-state index contributed by atoms with van der Waals surface area (Å²) >= 11 is 0. The summed E-state index contributed by atoms with van der Waals surface area (Å²) in [7, 11) is 0. The second kappa shape index (κ2) is 7.44. The van der Waals surface area contributed by atoms with Crippen LogP contribution in [0.4, 0.5) is 19.2 Å². The fourth-order valence-corrected chi connectivity index (χ4v) is 3.78. The Balaban J connectivity index is 1.44. The van der Waals surface area contributed by atoms with E-state index in [0.717, 1.165) is 38.1 Å². The quantitative estimate of drug-likeness (QED) is 0.763. The van der Waals surface area contributed by atoms with Crippen molar-refractivity contribution in [2.24, 2.45) is 5.41 Å². The number of pyridine rings is 1. The summed E-state index contributed by atoms with van der Waals surface area (Å²) in [6, 6.07) is 1.07. The van der Waals surface area contributed by atoms with Crippen molar-refractivity contribution in [3.05, 3.63) is 28.2 Å². The number of alkyl halides is 3. The summed E-state index contributed by atoms with van der Waals surface area (Å²) < 4.78 is 43.5. The molecule has 2 aromatic heterocycles. The molecule has 0 bridgehead atoms. The summed E-state index contributed by atoms with van der Waals surface area (Å²) in [6.45, 7) is 3.31. The molecular formula is C19H22F3N5O3. The number of rotatable bonds is 5. The minimum Gasteiger partial charge on any atom is -0.403 e. The molecule has 162 valence electrons. The fourth-order valence-electron chi connectivity index (χ4n) is 3.78. The number of halogens is 3. The van der Waals surface area contributed by atoms with Crippen LogP contribution in [0.3, 0.4) is 0 Å². The van der Waals surface area contributed by atoms with Gasteiger partial charge in [0, 0.05) is 13.1 Å². The first-order valence-electron chi connectivity index (χ1n) is 9.90. The smallest absolute Gasteiger partial charge is 0.403 e. The van der Waals surface area contributed by atoms with E-state index in [1.54, 1.807) is 4.98 Å². The van der Waals surface area contributed by atoms with Gasteiger partial charge in [0.05, 0.1) is 0 Å². The average Bonchev–Trinajstić information content (AvgIpc) is 3.30. The maximum atomic E-state index is 12.8. The third-order valence-corrected chi connectivity index (χ3v) is 5.97. The Morgan fingerprint density at radius 1 is 1.27 bits per heavy atom. The van der Waals surface area contributed by atoms with Crippen molar-refractivity contribution in [1.82, 2.24) is 20.1 Å². The lowest BCUT2D eigenvalue weighted by Crippen LogP contribution is -2.46. The Morgan fingerprint density at radius 3 is 2.53 bits per heavy atom. The number of aromatic nitrogens is 3. The van der Waals surface area contributed by atoms with Gasteiger partial charge in [-0.3, -0.25) is 9.59 Å². The molecule has 1 aliphatic heterocycles. The number of nitrogens with zero attached hydrogens (tertiary/aromatic N) is 3. The molecule has 0 unspecified atom stereocenters. The molecule has 1 spiro atoms. The van der Waals surface area contributed by atoms with E-state index in [1.165, 1.54) is 12.8 Å². The number of likely N-dealkylation sites (tertiary alicyclic amines) is 1. The molecule has 2 N–H and O–H groups in total. The van der Waals surface area contributed by atoms with E-state index in [9.17, 15) is 22.8 Å². The minimum atomic E-state index is -4.67. The molecule has 1 atom stereocenters. The van der Waals surface area contributed by atoms with E-state index in [4.69, 9.17) is 4.42 Å². The van der Waals surface area contributed by atoms with Crippen LogP contribution in [0.5, 0.6) is 0 Å². The molecule has 4 rings (SSSR count). The molecule has 30 heavy (non-hydrogen) atoms. The maximum absolute atomic E-state index is 12.8. The van der Waals surface area contributed by atoms with Gasteiger partial charge in [0.2, 0.25) is 5.91 Å². The largest absolute Gasteiger partial charge is 0.431 e. The first kappa shape index (κ1) is 20.4. The van der Waals surface area contributed by atoms with Crippen molar-refractivity contribution in [3.63, 3.8) is 0 Å².